The van der Waals surface area contributed by atoms with Crippen LogP contribution in [0, 0.1) is 0 Å². The average Bonchev–Trinajstić information content (AvgIpc) is 2.92. The van der Waals surface area contributed by atoms with Gasteiger partial charge in [-0.05, 0) is 51.0 Å². The molecular formula is C15H21N3O2. The summed E-state index contributed by atoms with van der Waals surface area (Å²) >= 11 is 0. The van der Waals surface area contributed by atoms with Crippen LogP contribution in [-0.2, 0) is 4.74 Å². The van der Waals surface area contributed by atoms with E-state index >= 15 is 0 Å². The van der Waals surface area contributed by atoms with Crippen molar-refractivity contribution in [2.45, 2.75) is 32.8 Å². The molecule has 1 heterocycles. The summed E-state index contributed by atoms with van der Waals surface area (Å²) in [4.78, 5) is 18.1. The number of carbonyl (C=O) groups excluding carboxylic acids is 1. The van der Waals surface area contributed by atoms with Gasteiger partial charge in [-0.25, -0.2) is 9.79 Å². The number of rotatable bonds is 3. The van der Waals surface area contributed by atoms with E-state index in [-0.39, 0.29) is 12.1 Å². The van der Waals surface area contributed by atoms with Crippen LogP contribution < -0.4 is 5.73 Å². The molecule has 1 aromatic rings. The van der Waals surface area contributed by atoms with Gasteiger partial charge in [-0.15, -0.1) is 0 Å². The van der Waals surface area contributed by atoms with Gasteiger partial charge in [0.1, 0.15) is 0 Å². The van der Waals surface area contributed by atoms with Crippen LogP contribution in [0.1, 0.15) is 37.0 Å². The van der Waals surface area contributed by atoms with Gasteiger partial charge >= 0.3 is 5.97 Å². The van der Waals surface area contributed by atoms with Gasteiger partial charge in [0.25, 0.3) is 0 Å². The minimum absolute atomic E-state index is 0.119. The van der Waals surface area contributed by atoms with E-state index in [1.165, 1.54) is 0 Å². The van der Waals surface area contributed by atoms with E-state index in [1.807, 2.05) is 13.8 Å². The largest absolute Gasteiger partial charge is 0.459 e. The number of likely N-dealkylation sites (tertiary alicyclic amines) is 1. The smallest absolute Gasteiger partial charge is 0.338 e. The molecule has 108 valence electrons. The first-order valence-corrected chi connectivity index (χ1v) is 6.96. The summed E-state index contributed by atoms with van der Waals surface area (Å²) < 4.78 is 5.13. The van der Waals surface area contributed by atoms with Crippen LogP contribution in [0.5, 0.6) is 0 Å². The molecule has 0 radical (unpaired) electrons. The lowest BCUT2D eigenvalue weighted by atomic mass is 10.2. The summed E-state index contributed by atoms with van der Waals surface area (Å²) in [5.41, 5.74) is 7.23. The van der Waals surface area contributed by atoms with Gasteiger partial charge < -0.3 is 15.4 Å². The number of carbonyl (C=O) groups is 1. The van der Waals surface area contributed by atoms with E-state index < -0.39 is 0 Å². The predicted octanol–water partition coefficient (Wildman–Crippen LogP) is 2.29. The number of nitrogens with zero attached hydrogens (tertiary/aromatic N) is 2. The number of hydrogen-bond donors (Lipinski definition) is 1. The zero-order valence-corrected chi connectivity index (χ0v) is 12.0. The lowest BCUT2D eigenvalue weighted by Gasteiger charge is -2.15. The molecule has 0 atom stereocenters. The van der Waals surface area contributed by atoms with Crippen molar-refractivity contribution >= 4 is 17.6 Å². The van der Waals surface area contributed by atoms with Crippen molar-refractivity contribution in [2.75, 3.05) is 13.1 Å². The molecule has 0 aromatic heterocycles. The maximum atomic E-state index is 11.7. The van der Waals surface area contributed by atoms with Gasteiger partial charge in [0.15, 0.2) is 5.96 Å². The third-order valence-electron chi connectivity index (χ3n) is 3.12. The molecule has 1 aliphatic heterocycles. The second kappa shape index (κ2) is 6.41. The van der Waals surface area contributed by atoms with Crippen LogP contribution >= 0.6 is 0 Å². The monoisotopic (exact) mass is 275 g/mol. The van der Waals surface area contributed by atoms with Gasteiger partial charge in [-0.3, -0.25) is 0 Å². The van der Waals surface area contributed by atoms with Crippen molar-refractivity contribution in [2.24, 2.45) is 10.7 Å². The number of guanidine groups is 1. The molecule has 0 unspecified atom stereocenters. The highest BCUT2D eigenvalue weighted by Gasteiger charge is 2.13. The predicted molar refractivity (Wildman–Crippen MR) is 79.1 cm³/mol. The number of benzene rings is 1. The maximum absolute atomic E-state index is 11.7. The Labute approximate surface area is 119 Å². The summed E-state index contributed by atoms with van der Waals surface area (Å²) in [6.45, 7) is 5.59. The zero-order chi connectivity index (χ0) is 14.5. The van der Waals surface area contributed by atoms with Crippen molar-refractivity contribution in [3.63, 3.8) is 0 Å². The summed E-state index contributed by atoms with van der Waals surface area (Å²) in [6.07, 6.45) is 2.21. The molecule has 2 rings (SSSR count). The summed E-state index contributed by atoms with van der Waals surface area (Å²) in [5, 5.41) is 0. The van der Waals surface area contributed by atoms with Gasteiger partial charge in [-0.2, -0.15) is 0 Å². The standard InChI is InChI=1S/C15H21N3O2/c1-11(2)20-14(19)12-5-7-13(8-6-12)17-15(16)18-9-3-4-10-18/h5-8,11H,3-4,9-10H2,1-2H3,(H2,16,17). The maximum Gasteiger partial charge on any atom is 0.338 e. The average molecular weight is 275 g/mol. The van der Waals surface area contributed by atoms with Crippen molar-refractivity contribution in [1.82, 2.24) is 4.90 Å². The molecule has 1 aromatic carbocycles. The first kappa shape index (κ1) is 14.4. The second-order valence-electron chi connectivity index (χ2n) is 5.17. The SMILES string of the molecule is CC(C)OC(=O)c1ccc(N=C(N)N2CCCC2)cc1. The Balaban J connectivity index is 2.04. The highest BCUT2D eigenvalue weighted by atomic mass is 16.5. The molecule has 5 nitrogen and oxygen atoms in total. The minimum atomic E-state index is -0.317. The Morgan fingerprint density at radius 1 is 1.25 bits per heavy atom. The molecule has 1 fully saturated rings. The topological polar surface area (TPSA) is 67.9 Å². The van der Waals surface area contributed by atoms with Crippen LogP contribution in [0.2, 0.25) is 0 Å². The van der Waals surface area contributed by atoms with Crippen molar-refractivity contribution in [3.05, 3.63) is 29.8 Å². The molecule has 0 spiro atoms. The van der Waals surface area contributed by atoms with E-state index in [4.69, 9.17) is 10.5 Å². The van der Waals surface area contributed by atoms with Crippen molar-refractivity contribution in [3.8, 4) is 0 Å². The third kappa shape index (κ3) is 3.73. The van der Waals surface area contributed by atoms with Gasteiger partial charge in [-0.1, -0.05) is 0 Å². The molecule has 1 saturated heterocycles. The lowest BCUT2D eigenvalue weighted by molar-refractivity contribution is 0.0378. The Morgan fingerprint density at radius 3 is 2.40 bits per heavy atom. The minimum Gasteiger partial charge on any atom is -0.459 e. The molecule has 0 bridgehead atoms. The van der Waals surface area contributed by atoms with Crippen LogP contribution in [0.3, 0.4) is 0 Å². The summed E-state index contributed by atoms with van der Waals surface area (Å²) in [6, 6.07) is 6.97. The Kier molecular flexibility index (Phi) is 4.61. The van der Waals surface area contributed by atoms with Crippen molar-refractivity contribution < 1.29 is 9.53 Å². The molecule has 1 aliphatic rings. The van der Waals surface area contributed by atoms with E-state index in [2.05, 4.69) is 9.89 Å². The number of nitrogens with two attached hydrogens (primary N) is 1. The zero-order valence-electron chi connectivity index (χ0n) is 12.0. The molecule has 0 amide bonds. The fourth-order valence-corrected chi connectivity index (χ4v) is 2.10. The summed E-state index contributed by atoms with van der Waals surface area (Å²) in [5.74, 6) is 0.225. The molecule has 0 aliphatic carbocycles. The molecule has 2 N–H and O–H groups in total. The normalized spacial score (nSPS) is 15.8. The number of esters is 1. The Morgan fingerprint density at radius 2 is 1.85 bits per heavy atom. The van der Waals surface area contributed by atoms with E-state index in [0.717, 1.165) is 31.6 Å². The number of aliphatic imine (C=N–C) groups is 1. The van der Waals surface area contributed by atoms with Gasteiger partial charge in [0.2, 0.25) is 0 Å². The first-order chi connectivity index (χ1) is 9.56. The number of ether oxygens (including phenoxy) is 1. The summed E-state index contributed by atoms with van der Waals surface area (Å²) in [7, 11) is 0. The third-order valence-corrected chi connectivity index (χ3v) is 3.12. The van der Waals surface area contributed by atoms with Gasteiger partial charge in [0, 0.05) is 13.1 Å². The van der Waals surface area contributed by atoms with Crippen LogP contribution in [0.15, 0.2) is 29.3 Å². The Hall–Kier alpha value is -2.04. The lowest BCUT2D eigenvalue weighted by Crippen LogP contribution is -2.34. The van der Waals surface area contributed by atoms with Crippen molar-refractivity contribution in [1.29, 1.82) is 0 Å². The molecule has 5 heteroatoms. The first-order valence-electron chi connectivity index (χ1n) is 6.96. The highest BCUT2D eigenvalue weighted by molar-refractivity contribution is 5.90. The van der Waals surface area contributed by atoms with E-state index in [0.29, 0.717) is 11.5 Å². The van der Waals surface area contributed by atoms with E-state index in [9.17, 15) is 4.79 Å². The fourth-order valence-electron chi connectivity index (χ4n) is 2.10. The quantitative estimate of drug-likeness (QED) is 0.522. The van der Waals surface area contributed by atoms with E-state index in [1.54, 1.807) is 24.3 Å². The van der Waals surface area contributed by atoms with Crippen LogP contribution in [0.4, 0.5) is 5.69 Å². The van der Waals surface area contributed by atoms with Crippen LogP contribution in [-0.4, -0.2) is 36.0 Å². The van der Waals surface area contributed by atoms with Crippen LogP contribution in [0.25, 0.3) is 0 Å². The fraction of sp³-hybridized carbons (Fsp3) is 0.467. The molecule has 0 saturated carbocycles. The molecular weight excluding hydrogens is 254 g/mol. The second-order valence-corrected chi connectivity index (χ2v) is 5.17. The number of hydrogen-bond acceptors (Lipinski definition) is 3. The van der Waals surface area contributed by atoms with Gasteiger partial charge in [0.05, 0.1) is 17.4 Å². The molecule has 20 heavy (non-hydrogen) atoms. The highest BCUT2D eigenvalue weighted by Crippen LogP contribution is 2.16. The Bertz CT molecular complexity index is 488.